The number of ether oxygens (including phenoxy) is 1. The molecule has 0 saturated heterocycles. The van der Waals surface area contributed by atoms with Gasteiger partial charge in [-0.1, -0.05) is 18.2 Å². The van der Waals surface area contributed by atoms with Crippen LogP contribution in [-0.4, -0.2) is 32.7 Å². The Kier molecular flexibility index (Phi) is 3.85. The Morgan fingerprint density at radius 3 is 2.78 bits per heavy atom. The molecule has 0 amide bonds. The normalized spacial score (nSPS) is 33.9. The first kappa shape index (κ1) is 16.9. The van der Waals surface area contributed by atoms with Crippen LogP contribution in [0.1, 0.15) is 49.8 Å². The van der Waals surface area contributed by atoms with E-state index in [0.29, 0.717) is 29.8 Å². The van der Waals surface area contributed by atoms with Gasteiger partial charge in [0.2, 0.25) is 0 Å². The second-order valence-electron chi connectivity index (χ2n) is 9.01. The fourth-order valence-electron chi connectivity index (χ4n) is 6.27. The lowest BCUT2D eigenvalue weighted by atomic mass is 9.48. The third-order valence-electron chi connectivity index (χ3n) is 6.68. The summed E-state index contributed by atoms with van der Waals surface area (Å²) in [5.74, 6) is 1.36. The Morgan fingerprint density at radius 2 is 2.04 bits per heavy atom. The molecule has 6 nitrogen and oxygen atoms in total. The smallest absolute Gasteiger partial charge is 0.190 e. The molecule has 140 valence electrons. The van der Waals surface area contributed by atoms with Crippen LogP contribution in [0.2, 0.25) is 0 Å². The number of H-pyrrole nitrogens is 1. The number of nitrogens with one attached hydrogen (secondary N) is 1. The highest BCUT2D eigenvalue weighted by molar-refractivity contribution is 5.64. The summed E-state index contributed by atoms with van der Waals surface area (Å²) in [6.07, 6.45) is 6.59. The molecule has 1 aromatic heterocycles. The third kappa shape index (κ3) is 3.05. The topological polar surface area (TPSA) is 94.8 Å². The first-order valence-electron chi connectivity index (χ1n) is 9.77. The number of rotatable bonds is 5. The van der Waals surface area contributed by atoms with Gasteiger partial charge in [0.25, 0.3) is 0 Å². The summed E-state index contributed by atoms with van der Waals surface area (Å²) in [4.78, 5) is 0. The van der Waals surface area contributed by atoms with Crippen LogP contribution in [0, 0.1) is 28.6 Å². The second-order valence-corrected chi connectivity index (χ2v) is 9.01. The number of nitriles is 1. The first-order chi connectivity index (χ1) is 13.1. The van der Waals surface area contributed by atoms with Gasteiger partial charge in [-0.2, -0.15) is 15.6 Å². The molecule has 2 aromatic rings. The van der Waals surface area contributed by atoms with Crippen LogP contribution in [-0.2, 0) is 11.3 Å². The van der Waals surface area contributed by atoms with Crippen LogP contribution < -0.4 is 0 Å². The van der Waals surface area contributed by atoms with Crippen LogP contribution in [0.3, 0.4) is 0 Å². The maximum absolute atomic E-state index is 10.9. The Balaban J connectivity index is 1.26. The quantitative estimate of drug-likeness (QED) is 0.849. The van der Waals surface area contributed by atoms with E-state index in [4.69, 9.17) is 10.00 Å². The number of benzene rings is 1. The predicted octanol–water partition coefficient (Wildman–Crippen LogP) is 3.19. The first-order valence-corrected chi connectivity index (χ1v) is 9.77. The van der Waals surface area contributed by atoms with Crippen molar-refractivity contribution in [3.8, 4) is 17.3 Å². The molecule has 0 aliphatic heterocycles. The molecule has 4 aliphatic carbocycles. The van der Waals surface area contributed by atoms with Crippen molar-refractivity contribution in [2.75, 3.05) is 6.61 Å². The number of aromatic nitrogens is 3. The Hall–Kier alpha value is -2.23. The summed E-state index contributed by atoms with van der Waals surface area (Å²) in [5.41, 5.74) is 2.52. The molecule has 0 spiro atoms. The highest BCUT2D eigenvalue weighted by Crippen LogP contribution is 2.61. The molecule has 6 rings (SSSR count). The lowest BCUT2D eigenvalue weighted by Gasteiger charge is -2.60. The predicted molar refractivity (Wildman–Crippen MR) is 98.3 cm³/mol. The van der Waals surface area contributed by atoms with Crippen molar-refractivity contribution in [3.63, 3.8) is 0 Å². The summed E-state index contributed by atoms with van der Waals surface area (Å²) in [5, 5.41) is 30.5. The number of hydrogen-bond acceptors (Lipinski definition) is 5. The molecule has 27 heavy (non-hydrogen) atoms. The third-order valence-corrected chi connectivity index (χ3v) is 6.68. The van der Waals surface area contributed by atoms with E-state index in [1.807, 2.05) is 24.3 Å². The fraction of sp³-hybridized carbons (Fsp3) is 0.571. The van der Waals surface area contributed by atoms with E-state index in [0.717, 1.165) is 37.0 Å². The monoisotopic (exact) mass is 364 g/mol. The maximum Gasteiger partial charge on any atom is 0.190 e. The number of aliphatic hydroxyl groups is 1. The van der Waals surface area contributed by atoms with Gasteiger partial charge in [0.05, 0.1) is 18.8 Å². The minimum atomic E-state index is -0.437. The van der Waals surface area contributed by atoms with Gasteiger partial charge in [-0.25, -0.2) is 0 Å². The van der Waals surface area contributed by atoms with E-state index in [9.17, 15) is 5.11 Å². The van der Waals surface area contributed by atoms with E-state index >= 15 is 0 Å². The van der Waals surface area contributed by atoms with Crippen molar-refractivity contribution in [1.29, 1.82) is 5.26 Å². The van der Waals surface area contributed by atoms with Crippen LogP contribution in [0.4, 0.5) is 0 Å². The van der Waals surface area contributed by atoms with Crippen molar-refractivity contribution in [2.45, 2.75) is 50.7 Å². The van der Waals surface area contributed by atoms with Gasteiger partial charge < -0.3 is 9.84 Å². The van der Waals surface area contributed by atoms with Gasteiger partial charge in [-0.3, -0.25) is 0 Å². The number of hydrogen-bond donors (Lipinski definition) is 2. The van der Waals surface area contributed by atoms with Crippen LogP contribution in [0.15, 0.2) is 24.3 Å². The van der Waals surface area contributed by atoms with Crippen LogP contribution in [0.25, 0.3) is 11.3 Å². The summed E-state index contributed by atoms with van der Waals surface area (Å²) in [6.45, 7) is 1.25. The summed E-state index contributed by atoms with van der Waals surface area (Å²) >= 11 is 0. The van der Waals surface area contributed by atoms with E-state index in [1.54, 1.807) is 0 Å². The molecular formula is C21H24N4O2. The van der Waals surface area contributed by atoms with E-state index in [1.165, 1.54) is 19.3 Å². The van der Waals surface area contributed by atoms with Gasteiger partial charge in [0.15, 0.2) is 5.69 Å². The largest absolute Gasteiger partial charge is 0.390 e. The van der Waals surface area contributed by atoms with Gasteiger partial charge in [0, 0.05) is 5.56 Å². The van der Waals surface area contributed by atoms with Crippen molar-refractivity contribution in [1.82, 2.24) is 15.4 Å². The zero-order valence-electron chi connectivity index (χ0n) is 15.3. The SMILES string of the molecule is N#Cc1n[nH]nc1-c1cccc(COCC23CC4CC(CC(O)(C4)C2)C3)c1. The van der Waals surface area contributed by atoms with Crippen LogP contribution in [0.5, 0.6) is 0 Å². The molecule has 2 unspecified atom stereocenters. The standard InChI is InChI=1S/C21H24N4O2/c22-10-18-19(24-25-23-18)17-3-1-2-14(5-17)11-27-13-20-6-15-4-16(7-20)9-21(26,8-15)12-20/h1-3,5,15-16,26H,4,6-9,11-13H2,(H,23,24,25). The van der Waals surface area contributed by atoms with Crippen molar-refractivity contribution in [2.24, 2.45) is 17.3 Å². The molecule has 4 fully saturated rings. The highest BCUT2D eigenvalue weighted by Gasteiger charge is 2.57. The van der Waals surface area contributed by atoms with E-state index in [-0.39, 0.29) is 5.41 Å². The van der Waals surface area contributed by atoms with Gasteiger partial charge in [-0.15, -0.1) is 5.10 Å². The Labute approximate surface area is 158 Å². The lowest BCUT2D eigenvalue weighted by Crippen LogP contribution is -2.56. The van der Waals surface area contributed by atoms with Crippen molar-refractivity contribution in [3.05, 3.63) is 35.5 Å². The summed E-state index contributed by atoms with van der Waals surface area (Å²) in [7, 11) is 0. The Morgan fingerprint density at radius 1 is 1.22 bits per heavy atom. The zero-order valence-corrected chi connectivity index (χ0v) is 15.3. The minimum absolute atomic E-state index is 0.163. The van der Waals surface area contributed by atoms with Crippen molar-refractivity contribution < 1.29 is 9.84 Å². The maximum atomic E-state index is 10.9. The fourth-order valence-corrected chi connectivity index (χ4v) is 6.27. The highest BCUT2D eigenvalue weighted by atomic mass is 16.5. The van der Waals surface area contributed by atoms with Crippen LogP contribution >= 0.6 is 0 Å². The molecule has 4 saturated carbocycles. The average Bonchev–Trinajstić information content (AvgIpc) is 3.08. The lowest BCUT2D eigenvalue weighted by molar-refractivity contribution is -0.182. The number of nitrogens with zero attached hydrogens (tertiary/aromatic N) is 3. The van der Waals surface area contributed by atoms with E-state index < -0.39 is 5.60 Å². The second kappa shape index (κ2) is 6.15. The molecule has 6 heteroatoms. The van der Waals surface area contributed by atoms with Gasteiger partial charge in [0.1, 0.15) is 11.8 Å². The molecular weight excluding hydrogens is 340 g/mol. The minimum Gasteiger partial charge on any atom is -0.390 e. The molecule has 4 bridgehead atoms. The number of aromatic amines is 1. The molecule has 2 N–H and O–H groups in total. The van der Waals surface area contributed by atoms with Gasteiger partial charge in [-0.05, 0) is 67.4 Å². The van der Waals surface area contributed by atoms with Crippen molar-refractivity contribution >= 4 is 0 Å². The molecule has 1 heterocycles. The molecule has 0 radical (unpaired) electrons. The van der Waals surface area contributed by atoms with Gasteiger partial charge >= 0.3 is 0 Å². The average molecular weight is 364 g/mol. The molecule has 1 aromatic carbocycles. The summed E-state index contributed by atoms with van der Waals surface area (Å²) < 4.78 is 6.16. The summed E-state index contributed by atoms with van der Waals surface area (Å²) in [6, 6.07) is 9.97. The zero-order chi connectivity index (χ0) is 18.5. The van der Waals surface area contributed by atoms with E-state index in [2.05, 4.69) is 21.5 Å². The molecule has 2 atom stereocenters. The Bertz CT molecular complexity index is 886. The molecule has 4 aliphatic rings.